The average molecular weight is 325 g/mol. The Morgan fingerprint density at radius 3 is 2.64 bits per heavy atom. The summed E-state index contributed by atoms with van der Waals surface area (Å²) in [6.07, 6.45) is 2.69. The van der Waals surface area contributed by atoms with Gasteiger partial charge in [0.2, 0.25) is 10.0 Å². The Hall–Kier alpha value is -1.93. The second-order valence-corrected chi connectivity index (χ2v) is 7.09. The molecule has 1 N–H and O–H groups in total. The quantitative estimate of drug-likeness (QED) is 0.903. The van der Waals surface area contributed by atoms with Crippen LogP contribution in [-0.4, -0.2) is 46.2 Å². The molecule has 1 unspecified atom stereocenters. The first-order valence-corrected chi connectivity index (χ1v) is 8.71. The molecule has 2 heterocycles. The highest BCUT2D eigenvalue weighted by molar-refractivity contribution is 7.88. The van der Waals surface area contributed by atoms with Crippen molar-refractivity contribution in [1.82, 2.24) is 13.9 Å². The molecule has 120 valence electrons. The van der Waals surface area contributed by atoms with E-state index in [9.17, 15) is 18.3 Å². The molecule has 0 aromatic carbocycles. The monoisotopic (exact) mass is 325 g/mol. The first-order valence-electron chi connectivity index (χ1n) is 6.86. The number of sulfonamides is 1. The summed E-state index contributed by atoms with van der Waals surface area (Å²) in [7, 11) is -3.41. The van der Waals surface area contributed by atoms with Crippen LogP contribution in [0.4, 0.5) is 0 Å². The van der Waals surface area contributed by atoms with Gasteiger partial charge in [-0.25, -0.2) is 17.7 Å². The standard InChI is InChI=1S/C14H19N3O4S/c1-5-16(22(4,20)21)10(3)13-9(2)12(14(18)19)11-7-6-8-15-17(11)13/h6-8,10H,5H2,1-4H3,(H,18,19). The third-order valence-electron chi connectivity index (χ3n) is 3.77. The summed E-state index contributed by atoms with van der Waals surface area (Å²) in [4.78, 5) is 11.5. The van der Waals surface area contributed by atoms with Crippen LogP contribution in [0.5, 0.6) is 0 Å². The van der Waals surface area contributed by atoms with Gasteiger partial charge in [0.05, 0.1) is 29.1 Å². The highest BCUT2D eigenvalue weighted by Crippen LogP contribution is 2.31. The third kappa shape index (κ3) is 2.59. The van der Waals surface area contributed by atoms with Crippen LogP contribution in [0.25, 0.3) is 5.52 Å². The van der Waals surface area contributed by atoms with Gasteiger partial charge in [0.1, 0.15) is 0 Å². The first-order chi connectivity index (χ1) is 10.2. The minimum Gasteiger partial charge on any atom is -0.478 e. The van der Waals surface area contributed by atoms with E-state index < -0.39 is 22.0 Å². The molecule has 0 aliphatic heterocycles. The van der Waals surface area contributed by atoms with Crippen LogP contribution in [-0.2, 0) is 10.0 Å². The molecule has 0 saturated carbocycles. The molecule has 0 bridgehead atoms. The van der Waals surface area contributed by atoms with Crippen LogP contribution in [0.15, 0.2) is 18.3 Å². The van der Waals surface area contributed by atoms with Gasteiger partial charge >= 0.3 is 5.97 Å². The lowest BCUT2D eigenvalue weighted by atomic mass is 10.1. The molecule has 2 aromatic heterocycles. The number of hydrogen-bond donors (Lipinski definition) is 1. The molecule has 0 amide bonds. The lowest BCUT2D eigenvalue weighted by molar-refractivity contribution is 0.0698. The van der Waals surface area contributed by atoms with Crippen molar-refractivity contribution in [2.45, 2.75) is 26.8 Å². The van der Waals surface area contributed by atoms with Crippen molar-refractivity contribution in [1.29, 1.82) is 0 Å². The van der Waals surface area contributed by atoms with Crippen molar-refractivity contribution in [2.24, 2.45) is 0 Å². The van der Waals surface area contributed by atoms with E-state index >= 15 is 0 Å². The van der Waals surface area contributed by atoms with Crippen molar-refractivity contribution < 1.29 is 18.3 Å². The number of carboxylic acids is 1. The zero-order valence-electron chi connectivity index (χ0n) is 12.9. The topological polar surface area (TPSA) is 92.0 Å². The maximum Gasteiger partial charge on any atom is 0.338 e. The number of aromatic nitrogens is 2. The zero-order valence-corrected chi connectivity index (χ0v) is 13.8. The number of fused-ring (bicyclic) bond motifs is 1. The predicted molar refractivity (Wildman–Crippen MR) is 82.5 cm³/mol. The van der Waals surface area contributed by atoms with E-state index in [0.717, 1.165) is 6.26 Å². The fraction of sp³-hybridized carbons (Fsp3) is 0.429. The minimum atomic E-state index is -3.41. The molecule has 8 heteroatoms. The second kappa shape index (κ2) is 5.69. The number of rotatable bonds is 5. The van der Waals surface area contributed by atoms with Gasteiger partial charge in [0.25, 0.3) is 0 Å². The number of carbonyl (C=O) groups is 1. The van der Waals surface area contributed by atoms with E-state index in [1.54, 1.807) is 39.1 Å². The zero-order chi connectivity index (χ0) is 16.7. The molecule has 2 aromatic rings. The van der Waals surface area contributed by atoms with Gasteiger partial charge in [-0.1, -0.05) is 6.92 Å². The summed E-state index contributed by atoms with van der Waals surface area (Å²) in [5.41, 5.74) is 1.71. The Morgan fingerprint density at radius 2 is 2.14 bits per heavy atom. The molecule has 2 rings (SSSR count). The van der Waals surface area contributed by atoms with Crippen LogP contribution in [0.3, 0.4) is 0 Å². The van der Waals surface area contributed by atoms with Crippen LogP contribution in [0, 0.1) is 6.92 Å². The molecule has 0 saturated heterocycles. The molecule has 0 aliphatic rings. The van der Waals surface area contributed by atoms with E-state index in [1.807, 2.05) is 0 Å². The maximum absolute atomic E-state index is 11.9. The Morgan fingerprint density at radius 1 is 1.50 bits per heavy atom. The molecule has 7 nitrogen and oxygen atoms in total. The molecule has 0 spiro atoms. The summed E-state index contributed by atoms with van der Waals surface area (Å²) >= 11 is 0. The van der Waals surface area contributed by atoms with Gasteiger partial charge in [-0.3, -0.25) is 0 Å². The Balaban J connectivity index is 2.76. The fourth-order valence-electron chi connectivity index (χ4n) is 2.92. The molecule has 1 atom stereocenters. The van der Waals surface area contributed by atoms with Crippen molar-refractivity contribution in [3.05, 3.63) is 35.2 Å². The summed E-state index contributed by atoms with van der Waals surface area (Å²) in [6.45, 7) is 5.45. The Kier molecular flexibility index (Phi) is 4.25. The third-order valence-corrected chi connectivity index (χ3v) is 5.20. The van der Waals surface area contributed by atoms with Crippen molar-refractivity contribution in [3.63, 3.8) is 0 Å². The SMILES string of the molecule is CCN(C(C)c1c(C)c(C(=O)O)c2cccnn12)S(C)(=O)=O. The van der Waals surface area contributed by atoms with E-state index in [2.05, 4.69) is 5.10 Å². The molecule has 0 fully saturated rings. The van der Waals surface area contributed by atoms with Gasteiger partial charge in [0.15, 0.2) is 0 Å². The van der Waals surface area contributed by atoms with Crippen molar-refractivity contribution in [3.8, 4) is 0 Å². The van der Waals surface area contributed by atoms with Crippen LogP contribution < -0.4 is 0 Å². The average Bonchev–Trinajstić information content (AvgIpc) is 2.69. The second-order valence-electron chi connectivity index (χ2n) is 5.15. The van der Waals surface area contributed by atoms with Crippen LogP contribution >= 0.6 is 0 Å². The highest BCUT2D eigenvalue weighted by Gasteiger charge is 2.30. The lowest BCUT2D eigenvalue weighted by Gasteiger charge is -2.25. The summed E-state index contributed by atoms with van der Waals surface area (Å²) in [5, 5.41) is 13.6. The maximum atomic E-state index is 11.9. The molecular weight excluding hydrogens is 306 g/mol. The molecule has 0 radical (unpaired) electrons. The lowest BCUT2D eigenvalue weighted by Crippen LogP contribution is -2.33. The van der Waals surface area contributed by atoms with Gasteiger partial charge in [-0.15, -0.1) is 0 Å². The van der Waals surface area contributed by atoms with Gasteiger partial charge in [-0.2, -0.15) is 9.40 Å². The molecule has 0 aliphatic carbocycles. The summed E-state index contributed by atoms with van der Waals surface area (Å²) < 4.78 is 26.7. The summed E-state index contributed by atoms with van der Waals surface area (Å²) in [5.74, 6) is -1.05. The molecule has 22 heavy (non-hydrogen) atoms. The predicted octanol–water partition coefficient (Wildman–Crippen LogP) is 1.68. The van der Waals surface area contributed by atoms with Crippen molar-refractivity contribution >= 4 is 21.5 Å². The van der Waals surface area contributed by atoms with Crippen LogP contribution in [0.1, 0.15) is 41.5 Å². The largest absolute Gasteiger partial charge is 0.478 e. The minimum absolute atomic E-state index is 0.152. The number of carboxylic acid groups (broad SMARTS) is 1. The van der Waals surface area contributed by atoms with E-state index in [0.29, 0.717) is 23.3 Å². The van der Waals surface area contributed by atoms with Gasteiger partial charge in [-0.05, 0) is 31.5 Å². The normalized spacial score (nSPS) is 13.7. The first kappa shape index (κ1) is 16.4. The number of hydrogen-bond acceptors (Lipinski definition) is 4. The Labute approximate surface area is 129 Å². The van der Waals surface area contributed by atoms with E-state index in [4.69, 9.17) is 0 Å². The number of aromatic carboxylic acids is 1. The number of nitrogens with zero attached hydrogens (tertiary/aromatic N) is 3. The van der Waals surface area contributed by atoms with Gasteiger partial charge in [0, 0.05) is 12.7 Å². The Bertz CT molecular complexity index is 826. The summed E-state index contributed by atoms with van der Waals surface area (Å²) in [6, 6.07) is 2.80. The van der Waals surface area contributed by atoms with E-state index in [1.165, 1.54) is 8.82 Å². The van der Waals surface area contributed by atoms with Crippen molar-refractivity contribution in [2.75, 3.05) is 12.8 Å². The fourth-order valence-corrected chi connectivity index (χ4v) is 4.07. The van der Waals surface area contributed by atoms with E-state index in [-0.39, 0.29) is 5.56 Å². The highest BCUT2D eigenvalue weighted by atomic mass is 32.2. The molecular formula is C14H19N3O4S. The van der Waals surface area contributed by atoms with Crippen LogP contribution in [0.2, 0.25) is 0 Å². The van der Waals surface area contributed by atoms with Gasteiger partial charge < -0.3 is 5.11 Å². The smallest absolute Gasteiger partial charge is 0.338 e.